The molecular weight excluding hydrogens is 170 g/mol. The van der Waals surface area contributed by atoms with Crippen molar-refractivity contribution in [1.82, 2.24) is 5.32 Å². The Balaban J connectivity index is 2.78. The molecule has 0 bridgehead atoms. The van der Waals surface area contributed by atoms with Crippen LogP contribution in [-0.2, 0) is 4.79 Å². The Morgan fingerprint density at radius 3 is 2.50 bits per heavy atom. The van der Waals surface area contributed by atoms with Gasteiger partial charge in [0.2, 0.25) is 5.91 Å². The van der Waals surface area contributed by atoms with Crippen LogP contribution in [0.3, 0.4) is 0 Å². The molecule has 12 heavy (non-hydrogen) atoms. The Morgan fingerprint density at radius 1 is 1.42 bits per heavy atom. The van der Waals surface area contributed by atoms with E-state index in [4.69, 9.17) is 0 Å². The Bertz CT molecular complexity index is 260. The molecule has 0 spiro atoms. The zero-order valence-electron chi connectivity index (χ0n) is 6.82. The van der Waals surface area contributed by atoms with E-state index in [9.17, 15) is 4.79 Å². The molecule has 1 aromatic carbocycles. The van der Waals surface area contributed by atoms with E-state index in [-0.39, 0.29) is 11.2 Å². The first-order valence-corrected chi connectivity index (χ1v) is 4.22. The smallest absolute Gasteiger partial charge is 0.237 e. The van der Waals surface area contributed by atoms with Crippen molar-refractivity contribution < 1.29 is 4.79 Å². The molecule has 2 nitrogen and oxygen atoms in total. The molecule has 1 atom stereocenters. The van der Waals surface area contributed by atoms with Crippen LogP contribution in [0.4, 0.5) is 0 Å². The minimum atomic E-state index is -0.365. The van der Waals surface area contributed by atoms with Gasteiger partial charge >= 0.3 is 0 Å². The lowest BCUT2D eigenvalue weighted by Crippen LogP contribution is -2.22. The predicted octanol–water partition coefficient (Wildman–Crippen LogP) is 1.40. The van der Waals surface area contributed by atoms with E-state index in [1.807, 2.05) is 30.3 Å². The number of carbonyl (C=O) groups is 1. The van der Waals surface area contributed by atoms with Crippen molar-refractivity contribution in [3.05, 3.63) is 35.9 Å². The van der Waals surface area contributed by atoms with Crippen LogP contribution in [0.15, 0.2) is 30.3 Å². The molecule has 0 aliphatic heterocycles. The Hall–Kier alpha value is -0.960. The van der Waals surface area contributed by atoms with E-state index < -0.39 is 0 Å². The second-order valence-corrected chi connectivity index (χ2v) is 2.94. The fraction of sp³-hybridized carbons (Fsp3) is 0.222. The summed E-state index contributed by atoms with van der Waals surface area (Å²) >= 11 is 4.18. The quantitative estimate of drug-likeness (QED) is 0.663. The van der Waals surface area contributed by atoms with Crippen LogP contribution in [0.25, 0.3) is 0 Å². The van der Waals surface area contributed by atoms with Gasteiger partial charge in [0.15, 0.2) is 0 Å². The maximum Gasteiger partial charge on any atom is 0.237 e. The van der Waals surface area contributed by atoms with Gasteiger partial charge in [0.1, 0.15) is 5.25 Å². The number of thiol groups is 1. The molecule has 0 aliphatic rings. The zero-order chi connectivity index (χ0) is 8.97. The minimum absolute atomic E-state index is 0.0791. The largest absolute Gasteiger partial charge is 0.358 e. The molecule has 0 aromatic heterocycles. The van der Waals surface area contributed by atoms with Gasteiger partial charge in [-0.05, 0) is 5.56 Å². The highest BCUT2D eigenvalue weighted by molar-refractivity contribution is 7.81. The third-order valence-electron chi connectivity index (χ3n) is 1.61. The number of nitrogens with one attached hydrogen (secondary N) is 1. The van der Waals surface area contributed by atoms with Gasteiger partial charge in [-0.1, -0.05) is 30.3 Å². The average Bonchev–Trinajstić information content (AvgIpc) is 2.17. The van der Waals surface area contributed by atoms with E-state index in [1.165, 1.54) is 0 Å². The third kappa shape index (κ3) is 2.01. The summed E-state index contributed by atoms with van der Waals surface area (Å²) < 4.78 is 0. The maximum absolute atomic E-state index is 11.1. The number of benzene rings is 1. The minimum Gasteiger partial charge on any atom is -0.358 e. The molecule has 0 aliphatic carbocycles. The normalized spacial score (nSPS) is 12.2. The fourth-order valence-electron chi connectivity index (χ4n) is 0.923. The van der Waals surface area contributed by atoms with Crippen LogP contribution in [0.2, 0.25) is 0 Å². The molecule has 1 N–H and O–H groups in total. The van der Waals surface area contributed by atoms with Gasteiger partial charge in [-0.25, -0.2) is 0 Å². The third-order valence-corrected chi connectivity index (χ3v) is 2.14. The highest BCUT2D eigenvalue weighted by atomic mass is 32.1. The number of amides is 1. The molecule has 64 valence electrons. The van der Waals surface area contributed by atoms with Crippen LogP contribution in [0.5, 0.6) is 0 Å². The van der Waals surface area contributed by atoms with Crippen molar-refractivity contribution in [1.29, 1.82) is 0 Å². The van der Waals surface area contributed by atoms with Crippen molar-refractivity contribution >= 4 is 18.5 Å². The lowest BCUT2D eigenvalue weighted by Gasteiger charge is -2.08. The van der Waals surface area contributed by atoms with Gasteiger partial charge in [-0.3, -0.25) is 4.79 Å². The molecule has 0 fully saturated rings. The second kappa shape index (κ2) is 4.16. The van der Waals surface area contributed by atoms with Gasteiger partial charge in [0.25, 0.3) is 0 Å². The van der Waals surface area contributed by atoms with E-state index >= 15 is 0 Å². The summed E-state index contributed by atoms with van der Waals surface area (Å²) in [5, 5.41) is 2.18. The summed E-state index contributed by atoms with van der Waals surface area (Å²) in [5.74, 6) is -0.0791. The summed E-state index contributed by atoms with van der Waals surface area (Å²) in [6.07, 6.45) is 0. The van der Waals surface area contributed by atoms with Gasteiger partial charge < -0.3 is 5.32 Å². The van der Waals surface area contributed by atoms with Crippen LogP contribution in [0, 0.1) is 0 Å². The summed E-state index contributed by atoms with van der Waals surface area (Å²) in [5.41, 5.74) is 0.917. The van der Waals surface area contributed by atoms with Crippen molar-refractivity contribution in [3.63, 3.8) is 0 Å². The molecule has 1 unspecified atom stereocenters. The first-order chi connectivity index (χ1) is 5.75. The number of hydrogen-bond acceptors (Lipinski definition) is 2. The summed E-state index contributed by atoms with van der Waals surface area (Å²) in [6.45, 7) is 0. The Morgan fingerprint density at radius 2 is 2.00 bits per heavy atom. The first-order valence-electron chi connectivity index (χ1n) is 3.70. The van der Waals surface area contributed by atoms with Crippen LogP contribution < -0.4 is 5.32 Å². The Kier molecular flexibility index (Phi) is 3.17. The molecule has 1 amide bonds. The summed E-state index contributed by atoms with van der Waals surface area (Å²) in [7, 11) is 1.61. The van der Waals surface area contributed by atoms with Gasteiger partial charge in [0, 0.05) is 7.05 Å². The van der Waals surface area contributed by atoms with Crippen molar-refractivity contribution in [2.24, 2.45) is 0 Å². The second-order valence-electron chi connectivity index (χ2n) is 2.43. The molecule has 0 radical (unpaired) electrons. The fourth-order valence-corrected chi connectivity index (χ4v) is 1.22. The van der Waals surface area contributed by atoms with E-state index in [2.05, 4.69) is 17.9 Å². The SMILES string of the molecule is CNC(=O)C(S)c1ccccc1. The lowest BCUT2D eigenvalue weighted by atomic mass is 10.1. The highest BCUT2D eigenvalue weighted by Gasteiger charge is 2.12. The molecule has 0 saturated heterocycles. The molecule has 3 heteroatoms. The number of carbonyl (C=O) groups excluding carboxylic acids is 1. The van der Waals surface area contributed by atoms with E-state index in [0.29, 0.717) is 0 Å². The molecule has 0 saturated carbocycles. The lowest BCUT2D eigenvalue weighted by molar-refractivity contribution is -0.120. The number of rotatable bonds is 2. The van der Waals surface area contributed by atoms with Crippen LogP contribution in [0.1, 0.15) is 10.8 Å². The zero-order valence-corrected chi connectivity index (χ0v) is 7.71. The van der Waals surface area contributed by atoms with Crippen molar-refractivity contribution in [2.75, 3.05) is 7.05 Å². The van der Waals surface area contributed by atoms with Gasteiger partial charge in [-0.2, -0.15) is 12.6 Å². The standard InChI is InChI=1S/C9H11NOS/c1-10-9(11)8(12)7-5-3-2-4-6-7/h2-6,8,12H,1H3,(H,10,11). The molecule has 1 rings (SSSR count). The number of likely N-dealkylation sites (N-methyl/N-ethyl adjacent to an activating group) is 1. The molecular formula is C9H11NOS. The predicted molar refractivity (Wildman–Crippen MR) is 52.2 cm³/mol. The van der Waals surface area contributed by atoms with Crippen molar-refractivity contribution in [2.45, 2.75) is 5.25 Å². The number of hydrogen-bond donors (Lipinski definition) is 2. The monoisotopic (exact) mass is 181 g/mol. The average molecular weight is 181 g/mol. The summed E-state index contributed by atoms with van der Waals surface area (Å²) in [6, 6.07) is 9.46. The highest BCUT2D eigenvalue weighted by Crippen LogP contribution is 2.18. The van der Waals surface area contributed by atoms with Gasteiger partial charge in [0.05, 0.1) is 0 Å². The van der Waals surface area contributed by atoms with Gasteiger partial charge in [-0.15, -0.1) is 0 Å². The first kappa shape index (κ1) is 9.13. The molecule has 1 aromatic rings. The van der Waals surface area contributed by atoms with E-state index in [0.717, 1.165) is 5.56 Å². The Labute approximate surface area is 77.4 Å². The maximum atomic E-state index is 11.1. The van der Waals surface area contributed by atoms with E-state index in [1.54, 1.807) is 7.05 Å². The van der Waals surface area contributed by atoms with Crippen molar-refractivity contribution in [3.8, 4) is 0 Å². The van der Waals surface area contributed by atoms with Crippen LogP contribution in [-0.4, -0.2) is 13.0 Å². The summed E-state index contributed by atoms with van der Waals surface area (Å²) in [4.78, 5) is 11.1. The van der Waals surface area contributed by atoms with Crippen LogP contribution >= 0.6 is 12.6 Å². The topological polar surface area (TPSA) is 29.1 Å². The molecule has 0 heterocycles.